The molecule has 0 bridgehead atoms. The number of nitrogens with two attached hydrogens (primary N) is 3. The summed E-state index contributed by atoms with van der Waals surface area (Å²) in [5, 5.41) is -0.898. The molecule has 116 heavy (non-hydrogen) atoms. The van der Waals surface area contributed by atoms with E-state index in [1.54, 1.807) is 45.3 Å². The summed E-state index contributed by atoms with van der Waals surface area (Å²) in [5.41, 5.74) is 18.3. The van der Waals surface area contributed by atoms with E-state index in [-0.39, 0.29) is 31.1 Å². The van der Waals surface area contributed by atoms with Crippen molar-refractivity contribution in [3.63, 3.8) is 0 Å². The molecule has 1 radical (unpaired) electrons. The van der Waals surface area contributed by atoms with Gasteiger partial charge < -0.3 is 60.0 Å². The first-order chi connectivity index (χ1) is 54.8. The van der Waals surface area contributed by atoms with Gasteiger partial charge in [-0.05, 0) is 185 Å². The summed E-state index contributed by atoms with van der Waals surface area (Å²) in [7, 11) is 11.3. The molecular formula is C77H74B2Br2Cl2F13N12O7S. The Morgan fingerprint density at radius 2 is 0.707 bits per heavy atom. The van der Waals surface area contributed by atoms with Crippen LogP contribution >= 0.6 is 67.9 Å². The van der Waals surface area contributed by atoms with Gasteiger partial charge in [-0.25, -0.2) is 26.3 Å². The van der Waals surface area contributed by atoms with Crippen LogP contribution in [0.25, 0.3) is 0 Å². The fraction of sp³-hybridized carbons (Fsp3) is 0.221. The normalized spacial score (nSPS) is 11.8. The van der Waals surface area contributed by atoms with Gasteiger partial charge in [-0.3, -0.25) is 0 Å². The van der Waals surface area contributed by atoms with Crippen LogP contribution in [0.4, 0.5) is 86.2 Å². The van der Waals surface area contributed by atoms with E-state index in [1.165, 1.54) is 5.56 Å². The van der Waals surface area contributed by atoms with Gasteiger partial charge in [-0.1, -0.05) is 90.8 Å². The van der Waals surface area contributed by atoms with Crippen LogP contribution in [0.1, 0.15) is 62.4 Å². The quantitative estimate of drug-likeness (QED) is 0.0287. The molecule has 7 heterocycles. The van der Waals surface area contributed by atoms with Crippen LogP contribution in [0.2, 0.25) is 10.0 Å². The van der Waals surface area contributed by atoms with Crippen LogP contribution in [0.15, 0.2) is 177 Å². The number of anilines is 5. The van der Waals surface area contributed by atoms with Crippen LogP contribution < -0.4 is 56.1 Å². The Hall–Kier alpha value is -10.2. The molecule has 39 heteroatoms. The van der Waals surface area contributed by atoms with Gasteiger partial charge in [0.15, 0.2) is 64.0 Å². The van der Waals surface area contributed by atoms with Gasteiger partial charge >= 0.3 is 31.9 Å². The Bertz CT molecular complexity index is 4580. The Morgan fingerprint density at radius 1 is 0.405 bits per heavy atom. The van der Waals surface area contributed by atoms with Crippen LogP contribution in [0.5, 0.6) is 28.7 Å². The van der Waals surface area contributed by atoms with Crippen molar-refractivity contribution in [3.8, 4) is 28.7 Å². The fourth-order valence-electron chi connectivity index (χ4n) is 9.33. The standard InChI is InChI=1S/C27H31BF2N2O4.C21H19BrF2N2O2.C9H12O.C5H3BrF2N2.C5HClF3N.C5H3ClF2N2.C5H4F2N2.BHNS/c1-26(2)27(3,4)36-28(35-26)22-15-23(29)25(31-24(22)30)32(16-18-7-11-20(33-5)12-8-18)17-19-9-13-21(34-6)14-10-19;1-27-16-7-3-14(4-8-16)12-26(13-15-5-9-17(28-2)10-6-15)21-19(23)11-18(22)20(24)25-21;1-3-8-4-6-9(10-2)7-5-8;3*6-2-1-3(7)5(9)10-4(2)8;6-3-1-2-4(7)9-5(3)8;1-2-3/h7-15H,16-17H2,1-6H3;3-11H,12-13H2,1-2H3;4-7H,3H2,1-2H3;1H,(H2,9,10);1H;1H,(H2,9,10);1-2H,(H2,8,9);3H. The zero-order valence-corrected chi connectivity index (χ0v) is 68.8. The number of rotatable bonds is 17. The van der Waals surface area contributed by atoms with E-state index in [4.69, 9.17) is 73.4 Å². The molecule has 1 saturated heterocycles. The summed E-state index contributed by atoms with van der Waals surface area (Å²) in [5.74, 6) is -9.25. The molecule has 19 nitrogen and oxygen atoms in total. The van der Waals surface area contributed by atoms with Crippen molar-refractivity contribution in [2.24, 2.45) is 4.30 Å². The van der Waals surface area contributed by atoms with Gasteiger partial charge in [0.25, 0.3) is 5.95 Å². The van der Waals surface area contributed by atoms with Crippen LogP contribution in [0.3, 0.4) is 0 Å². The molecule has 6 aromatic heterocycles. The molecule has 5 aromatic carbocycles. The van der Waals surface area contributed by atoms with Gasteiger partial charge in [0.05, 0.1) is 65.7 Å². The zero-order chi connectivity index (χ0) is 86.3. The van der Waals surface area contributed by atoms with Gasteiger partial charge in [-0.2, -0.15) is 60.6 Å². The van der Waals surface area contributed by atoms with Crippen molar-refractivity contribution >= 4 is 117 Å². The van der Waals surface area contributed by atoms with Crippen molar-refractivity contribution in [1.29, 1.82) is 0 Å². The topological polar surface area (TPSA) is 239 Å². The van der Waals surface area contributed by atoms with Crippen molar-refractivity contribution in [1.82, 2.24) is 29.9 Å². The molecule has 11 aromatic rings. The van der Waals surface area contributed by atoms with Gasteiger partial charge in [0.1, 0.15) is 28.7 Å². The van der Waals surface area contributed by atoms with E-state index < -0.39 is 117 Å². The Kier molecular flexibility index (Phi) is 38.7. The third-order valence-corrected chi connectivity index (χ3v) is 17.8. The van der Waals surface area contributed by atoms with Crippen molar-refractivity contribution in [2.45, 2.75) is 78.4 Å². The average Bonchev–Trinajstić information content (AvgIpc) is 1.61. The maximum atomic E-state index is 15.5. The monoisotopic (exact) mass is 1810 g/mol. The van der Waals surface area contributed by atoms with Crippen LogP contribution in [-0.2, 0) is 41.9 Å². The first-order valence-electron chi connectivity index (χ1n) is 33.5. The number of hydrogen-bond donors (Lipinski definition) is 4. The Labute approximate surface area is 694 Å². The summed E-state index contributed by atoms with van der Waals surface area (Å²) in [4.78, 5) is 22.8. The number of nitrogens with zero attached hydrogens (tertiary/aromatic N) is 9. The first kappa shape index (κ1) is 96.4. The molecule has 615 valence electrons. The van der Waals surface area contributed by atoms with Crippen LogP contribution in [0, 0.1) is 76.5 Å². The maximum absolute atomic E-state index is 15.5. The van der Waals surface area contributed by atoms with E-state index in [2.05, 4.69) is 106 Å². The number of benzene rings is 5. The third kappa shape index (κ3) is 29.8. The number of pyridine rings is 6. The van der Waals surface area contributed by atoms with Crippen molar-refractivity contribution in [3.05, 3.63) is 287 Å². The predicted molar refractivity (Wildman–Crippen MR) is 431 cm³/mol. The SMILES string of the molecule is CCc1ccc(OC)cc1.COc1ccc(CN(Cc2ccc(OC)cc2)c2nc(F)c(B3OC(C)(C)C(C)(C)O3)cc2F)cc1.COc1ccc(CN(Cc2ccc(OC)cc2)c2nc(F)c(Br)cc2F)cc1.Fc1cc(Cl)c(F)nc1F.Nc1nc(F)c(Br)cc1F.Nc1nc(F)c(Cl)cc1F.Nc1nc(F)ccc1F.[B]=NS. The number of ether oxygens (including phenoxy) is 5. The Balaban J connectivity index is 0.000000262. The van der Waals surface area contributed by atoms with Gasteiger partial charge in [0, 0.05) is 43.8 Å². The zero-order valence-electron chi connectivity index (χ0n) is 63.3. The second-order valence-electron chi connectivity index (χ2n) is 24.5. The predicted octanol–water partition coefficient (Wildman–Crippen LogP) is 19.1. The average molecular weight is 1810 g/mol. The summed E-state index contributed by atoms with van der Waals surface area (Å²) in [6.07, 6.45) is 1.09. The molecule has 1 fully saturated rings. The second kappa shape index (κ2) is 46.5. The van der Waals surface area contributed by atoms with Crippen molar-refractivity contribution in [2.75, 3.05) is 62.5 Å². The molecule has 0 spiro atoms. The number of aromatic nitrogens is 6. The Morgan fingerprint density at radius 3 is 1.03 bits per heavy atom. The van der Waals surface area contributed by atoms with E-state index in [9.17, 15) is 48.3 Å². The van der Waals surface area contributed by atoms with Gasteiger partial charge in [0.2, 0.25) is 35.7 Å². The third-order valence-electron chi connectivity index (χ3n) is 16.1. The summed E-state index contributed by atoms with van der Waals surface area (Å²) in [6.45, 7) is 10.9. The fourth-order valence-corrected chi connectivity index (χ4v) is 10.2. The summed E-state index contributed by atoms with van der Waals surface area (Å²) in [6, 6.07) is 44.1. The number of methoxy groups -OCH3 is 5. The summed E-state index contributed by atoms with van der Waals surface area (Å²) < 4.78 is 209. The second-order valence-corrected chi connectivity index (χ2v) is 27.3. The molecule has 0 saturated carbocycles. The molecule has 6 N–H and O–H groups in total. The number of hydrogen-bond acceptors (Lipinski definition) is 20. The van der Waals surface area contributed by atoms with E-state index >= 15 is 8.78 Å². The van der Waals surface area contributed by atoms with E-state index in [0.29, 0.717) is 43.7 Å². The minimum absolute atomic E-state index is 0.0115. The molecule has 0 amide bonds. The number of halogens is 17. The first-order valence-corrected chi connectivity index (χ1v) is 36.3. The molecule has 0 atom stereocenters. The van der Waals surface area contributed by atoms with Gasteiger partial charge in [-0.15, -0.1) is 0 Å². The number of nitrogen functional groups attached to an aromatic ring is 3. The number of aryl methyl sites for hydroxylation is 1. The summed E-state index contributed by atoms with van der Waals surface area (Å²) >= 11 is 19.1. The number of thiol groups is 1. The van der Waals surface area contributed by atoms with E-state index in [0.717, 1.165) is 82.3 Å². The minimum atomic E-state index is -1.48. The van der Waals surface area contributed by atoms with Crippen LogP contribution in [-0.4, -0.2) is 91.4 Å². The molecule has 0 aliphatic carbocycles. The molecule has 0 unspecified atom stereocenters. The van der Waals surface area contributed by atoms with E-state index in [1.807, 2.05) is 137 Å². The van der Waals surface area contributed by atoms with Crippen molar-refractivity contribution < 1.29 is 90.1 Å². The molecule has 12 rings (SSSR count). The molecule has 1 aliphatic rings. The molecule has 1 aliphatic heterocycles. The molecular weight excluding hydrogens is 1740 g/mol.